The summed E-state index contributed by atoms with van der Waals surface area (Å²) in [7, 11) is 0. The maximum atomic E-state index is 14.6. The van der Waals surface area contributed by atoms with Gasteiger partial charge in [0.05, 0.1) is 16.1 Å². The Morgan fingerprint density at radius 2 is 2.00 bits per heavy atom. The van der Waals surface area contributed by atoms with Crippen LogP contribution in [0.4, 0.5) is 4.39 Å². The monoisotopic (exact) mass is 327 g/mol. The van der Waals surface area contributed by atoms with Gasteiger partial charge in [0.2, 0.25) is 5.82 Å². The van der Waals surface area contributed by atoms with Gasteiger partial charge < -0.3 is 4.57 Å². The van der Waals surface area contributed by atoms with Crippen LogP contribution in [0.2, 0.25) is 5.02 Å². The number of hydrogen-bond donors (Lipinski definition) is 1. The SMILES string of the molecule is Fc1c(Cl)cc2ccn(Cc3ccccc3)c2c1-c1nn[nH]n1. The van der Waals surface area contributed by atoms with Crippen LogP contribution in [0.25, 0.3) is 22.3 Å². The van der Waals surface area contributed by atoms with Gasteiger partial charge in [-0.3, -0.25) is 0 Å². The third-order valence-corrected chi connectivity index (χ3v) is 3.98. The highest BCUT2D eigenvalue weighted by atomic mass is 35.5. The Hall–Kier alpha value is -2.73. The lowest BCUT2D eigenvalue weighted by molar-refractivity contribution is 0.631. The molecule has 2 aromatic heterocycles. The molecule has 4 rings (SSSR count). The number of nitrogens with one attached hydrogen (secondary N) is 1. The van der Waals surface area contributed by atoms with E-state index >= 15 is 0 Å². The Morgan fingerprint density at radius 1 is 1.17 bits per heavy atom. The van der Waals surface area contributed by atoms with Crippen molar-refractivity contribution in [2.75, 3.05) is 0 Å². The van der Waals surface area contributed by atoms with Crippen molar-refractivity contribution in [2.24, 2.45) is 0 Å². The van der Waals surface area contributed by atoms with Crippen LogP contribution in [0.15, 0.2) is 48.7 Å². The number of benzene rings is 2. The lowest BCUT2D eigenvalue weighted by atomic mass is 10.1. The molecular weight excluding hydrogens is 317 g/mol. The van der Waals surface area contributed by atoms with Gasteiger partial charge in [-0.2, -0.15) is 5.21 Å². The molecule has 0 fully saturated rings. The first-order valence-electron chi connectivity index (χ1n) is 6.98. The van der Waals surface area contributed by atoms with Crippen LogP contribution in [0, 0.1) is 5.82 Å². The van der Waals surface area contributed by atoms with Crippen LogP contribution in [0.5, 0.6) is 0 Å². The molecule has 4 aromatic rings. The van der Waals surface area contributed by atoms with Crippen LogP contribution in [0.1, 0.15) is 5.56 Å². The first-order valence-corrected chi connectivity index (χ1v) is 7.36. The van der Waals surface area contributed by atoms with Gasteiger partial charge in [-0.25, -0.2) is 4.39 Å². The second kappa shape index (κ2) is 5.48. The molecule has 0 amide bonds. The summed E-state index contributed by atoms with van der Waals surface area (Å²) in [5, 5.41) is 14.5. The largest absolute Gasteiger partial charge is 0.342 e. The Bertz CT molecular complexity index is 963. The molecule has 0 saturated carbocycles. The fraction of sp³-hybridized carbons (Fsp3) is 0.0625. The molecule has 0 radical (unpaired) electrons. The average Bonchev–Trinajstić information content (AvgIpc) is 3.21. The van der Waals surface area contributed by atoms with Crippen molar-refractivity contribution in [3.8, 4) is 11.4 Å². The smallest absolute Gasteiger partial charge is 0.209 e. The zero-order chi connectivity index (χ0) is 15.8. The zero-order valence-corrected chi connectivity index (χ0v) is 12.6. The molecule has 23 heavy (non-hydrogen) atoms. The second-order valence-corrected chi connectivity index (χ2v) is 5.56. The van der Waals surface area contributed by atoms with Gasteiger partial charge >= 0.3 is 0 Å². The first-order chi connectivity index (χ1) is 11.2. The van der Waals surface area contributed by atoms with Crippen molar-refractivity contribution in [2.45, 2.75) is 6.54 Å². The van der Waals surface area contributed by atoms with E-state index in [9.17, 15) is 4.39 Å². The lowest BCUT2D eigenvalue weighted by Gasteiger charge is -2.10. The van der Waals surface area contributed by atoms with Crippen LogP contribution in [-0.4, -0.2) is 25.2 Å². The molecule has 2 aromatic carbocycles. The van der Waals surface area contributed by atoms with Gasteiger partial charge in [0.15, 0.2) is 5.82 Å². The number of tetrazole rings is 1. The lowest BCUT2D eigenvalue weighted by Crippen LogP contribution is -2.01. The summed E-state index contributed by atoms with van der Waals surface area (Å²) in [6, 6.07) is 13.4. The summed E-state index contributed by atoms with van der Waals surface area (Å²) >= 11 is 6.01. The first kappa shape index (κ1) is 13.9. The predicted molar refractivity (Wildman–Crippen MR) is 85.6 cm³/mol. The summed E-state index contributed by atoms with van der Waals surface area (Å²) in [6.45, 7) is 0.607. The molecule has 0 aliphatic carbocycles. The minimum atomic E-state index is -0.548. The highest BCUT2D eigenvalue weighted by Gasteiger charge is 2.20. The van der Waals surface area contributed by atoms with Crippen molar-refractivity contribution >= 4 is 22.5 Å². The van der Waals surface area contributed by atoms with E-state index in [0.29, 0.717) is 12.1 Å². The quantitative estimate of drug-likeness (QED) is 0.624. The zero-order valence-electron chi connectivity index (χ0n) is 11.9. The standard InChI is InChI=1S/C16H11ClFN5/c17-12-8-11-6-7-23(9-10-4-2-1-3-5-10)15(11)13(14(12)18)16-19-21-22-20-16/h1-8H,9H2,(H,19,20,21,22). The fourth-order valence-electron chi connectivity index (χ4n) is 2.70. The molecule has 5 nitrogen and oxygen atoms in total. The van der Waals surface area contributed by atoms with E-state index in [2.05, 4.69) is 20.6 Å². The highest BCUT2D eigenvalue weighted by molar-refractivity contribution is 6.32. The van der Waals surface area contributed by atoms with Gasteiger partial charge in [0, 0.05) is 18.1 Å². The van der Waals surface area contributed by atoms with E-state index in [0.717, 1.165) is 10.9 Å². The number of nitrogens with zero attached hydrogens (tertiary/aromatic N) is 4. The second-order valence-electron chi connectivity index (χ2n) is 5.15. The van der Waals surface area contributed by atoms with Crippen LogP contribution in [0.3, 0.4) is 0 Å². The molecule has 7 heteroatoms. The number of fused-ring (bicyclic) bond motifs is 1. The maximum absolute atomic E-state index is 14.6. The minimum Gasteiger partial charge on any atom is -0.342 e. The van der Waals surface area contributed by atoms with E-state index in [1.807, 2.05) is 47.2 Å². The number of rotatable bonds is 3. The molecule has 114 valence electrons. The Balaban J connectivity index is 1.95. The number of halogens is 2. The Kier molecular flexibility index (Phi) is 3.31. The van der Waals surface area contributed by atoms with Crippen LogP contribution >= 0.6 is 11.6 Å². The molecule has 0 saturated heterocycles. The molecule has 0 unspecified atom stereocenters. The van der Waals surface area contributed by atoms with Gasteiger partial charge in [0.25, 0.3) is 0 Å². The van der Waals surface area contributed by atoms with Gasteiger partial charge in [-0.1, -0.05) is 41.9 Å². The summed E-state index contributed by atoms with van der Waals surface area (Å²) < 4.78 is 16.6. The molecule has 1 N–H and O–H groups in total. The molecule has 0 spiro atoms. The van der Waals surface area contributed by atoms with Crippen molar-refractivity contribution in [1.82, 2.24) is 25.2 Å². The van der Waals surface area contributed by atoms with Gasteiger partial charge in [-0.15, -0.1) is 10.2 Å². The Labute approximate surface area is 135 Å². The van der Waals surface area contributed by atoms with E-state index in [1.54, 1.807) is 6.07 Å². The van der Waals surface area contributed by atoms with Crippen LogP contribution < -0.4 is 0 Å². The molecule has 0 bridgehead atoms. The molecular formula is C16H11ClFN5. The third-order valence-electron chi connectivity index (χ3n) is 3.71. The van der Waals surface area contributed by atoms with Gasteiger partial charge in [0.1, 0.15) is 0 Å². The number of aromatic amines is 1. The summed E-state index contributed by atoms with van der Waals surface area (Å²) in [5.74, 6) is -0.364. The third kappa shape index (κ3) is 2.37. The van der Waals surface area contributed by atoms with E-state index < -0.39 is 5.82 Å². The number of H-pyrrole nitrogens is 1. The minimum absolute atomic E-state index is 0.0368. The maximum Gasteiger partial charge on any atom is 0.209 e. The Morgan fingerprint density at radius 3 is 2.74 bits per heavy atom. The molecule has 0 atom stereocenters. The van der Waals surface area contributed by atoms with Crippen molar-refractivity contribution < 1.29 is 4.39 Å². The normalized spacial score (nSPS) is 11.2. The van der Waals surface area contributed by atoms with Crippen LogP contribution in [-0.2, 0) is 6.54 Å². The summed E-state index contributed by atoms with van der Waals surface area (Å²) in [6.07, 6.45) is 1.90. The summed E-state index contributed by atoms with van der Waals surface area (Å²) in [4.78, 5) is 0. The average molecular weight is 328 g/mol. The molecule has 2 heterocycles. The van der Waals surface area contributed by atoms with E-state index in [4.69, 9.17) is 11.6 Å². The number of hydrogen-bond acceptors (Lipinski definition) is 3. The fourth-order valence-corrected chi connectivity index (χ4v) is 2.91. The number of aromatic nitrogens is 5. The molecule has 0 aliphatic heterocycles. The van der Waals surface area contributed by atoms with Crippen molar-refractivity contribution in [3.63, 3.8) is 0 Å². The van der Waals surface area contributed by atoms with Crippen molar-refractivity contribution in [3.05, 3.63) is 65.1 Å². The topological polar surface area (TPSA) is 59.4 Å². The van der Waals surface area contributed by atoms with E-state index in [-0.39, 0.29) is 16.4 Å². The highest BCUT2D eigenvalue weighted by Crippen LogP contribution is 2.34. The summed E-state index contributed by atoms with van der Waals surface area (Å²) in [5.41, 5.74) is 2.05. The molecule has 0 aliphatic rings. The van der Waals surface area contributed by atoms with E-state index in [1.165, 1.54) is 0 Å². The van der Waals surface area contributed by atoms with Crippen molar-refractivity contribution in [1.29, 1.82) is 0 Å². The van der Waals surface area contributed by atoms with Gasteiger partial charge in [-0.05, 0) is 22.9 Å². The predicted octanol–water partition coefficient (Wildman–Crippen LogP) is 3.66.